The van der Waals surface area contributed by atoms with Crippen LogP contribution in [-0.2, 0) is 14.3 Å². The van der Waals surface area contributed by atoms with E-state index in [4.69, 9.17) is 10.5 Å². The molecule has 96 valence electrons. The molecule has 2 saturated heterocycles. The summed E-state index contributed by atoms with van der Waals surface area (Å²) in [5, 5.41) is 0. The number of piperidine rings is 2. The molecule has 17 heavy (non-hydrogen) atoms. The van der Waals surface area contributed by atoms with Gasteiger partial charge in [-0.25, -0.2) is 0 Å². The van der Waals surface area contributed by atoms with Crippen LogP contribution in [0.5, 0.6) is 0 Å². The Morgan fingerprint density at radius 3 is 2.59 bits per heavy atom. The molecule has 0 radical (unpaired) electrons. The molecule has 2 aliphatic heterocycles. The fourth-order valence-electron chi connectivity index (χ4n) is 2.97. The van der Waals surface area contributed by atoms with Gasteiger partial charge in [-0.3, -0.25) is 14.5 Å². The Kier molecular flexibility index (Phi) is 4.12. The van der Waals surface area contributed by atoms with Crippen LogP contribution in [0.3, 0.4) is 0 Å². The first-order valence-electron chi connectivity index (χ1n) is 6.30. The number of amides is 1. The van der Waals surface area contributed by atoms with E-state index in [2.05, 4.69) is 4.90 Å². The van der Waals surface area contributed by atoms with Crippen molar-refractivity contribution in [2.45, 2.75) is 44.2 Å². The molecule has 0 saturated carbocycles. The maximum absolute atomic E-state index is 11.5. The summed E-state index contributed by atoms with van der Waals surface area (Å²) in [7, 11) is 0. The number of carbonyl (C=O) groups is 2. The second kappa shape index (κ2) is 5.60. The monoisotopic (exact) mass is 240 g/mol. The first-order chi connectivity index (χ1) is 8.16. The molecule has 1 amide bonds. The zero-order valence-electron chi connectivity index (χ0n) is 10.1. The van der Waals surface area contributed by atoms with Crippen molar-refractivity contribution in [2.24, 2.45) is 5.73 Å². The van der Waals surface area contributed by atoms with E-state index in [1.54, 1.807) is 0 Å². The number of nitrogens with two attached hydrogens (primary N) is 1. The zero-order valence-corrected chi connectivity index (χ0v) is 10.1. The van der Waals surface area contributed by atoms with Crippen LogP contribution in [0.2, 0.25) is 0 Å². The van der Waals surface area contributed by atoms with Gasteiger partial charge in [0.05, 0.1) is 6.61 Å². The van der Waals surface area contributed by atoms with Gasteiger partial charge in [-0.1, -0.05) is 6.42 Å². The Morgan fingerprint density at radius 2 is 2.00 bits per heavy atom. The van der Waals surface area contributed by atoms with E-state index in [-0.39, 0.29) is 6.61 Å². The van der Waals surface area contributed by atoms with Crippen molar-refractivity contribution in [3.63, 3.8) is 0 Å². The number of ether oxygens (including phenoxy) is 1. The summed E-state index contributed by atoms with van der Waals surface area (Å²) in [5.74, 6) is -0.0342. The van der Waals surface area contributed by atoms with E-state index >= 15 is 0 Å². The van der Waals surface area contributed by atoms with Gasteiger partial charge in [0.2, 0.25) is 5.91 Å². The van der Waals surface area contributed by atoms with E-state index in [0.29, 0.717) is 37.3 Å². The lowest BCUT2D eigenvalue weighted by Crippen LogP contribution is -2.53. The minimum atomic E-state index is -0.431. The average Bonchev–Trinajstić information content (AvgIpc) is 2.24. The van der Waals surface area contributed by atoms with Crippen LogP contribution in [0.15, 0.2) is 0 Å². The Labute approximate surface area is 101 Å². The summed E-state index contributed by atoms with van der Waals surface area (Å²) in [6.45, 7) is 1.31. The molecule has 2 rings (SSSR count). The maximum Gasteiger partial charge on any atom is 0.243 e. The van der Waals surface area contributed by atoms with Gasteiger partial charge in [-0.2, -0.15) is 0 Å². The fourth-order valence-corrected chi connectivity index (χ4v) is 2.97. The van der Waals surface area contributed by atoms with Crippen molar-refractivity contribution in [3.05, 3.63) is 0 Å². The van der Waals surface area contributed by atoms with Gasteiger partial charge < -0.3 is 10.5 Å². The van der Waals surface area contributed by atoms with Crippen LogP contribution in [0.4, 0.5) is 0 Å². The lowest BCUT2D eigenvalue weighted by molar-refractivity contribution is -0.128. The third-order valence-corrected chi connectivity index (χ3v) is 3.68. The average molecular weight is 240 g/mol. The first-order valence-corrected chi connectivity index (χ1v) is 6.30. The molecule has 5 heteroatoms. The van der Waals surface area contributed by atoms with E-state index in [9.17, 15) is 9.59 Å². The predicted molar refractivity (Wildman–Crippen MR) is 62.4 cm³/mol. The number of Topliss-reactive ketones (excluding diaryl/α,β-unsaturated/α-hetero) is 1. The van der Waals surface area contributed by atoms with Gasteiger partial charge in [-0.15, -0.1) is 0 Å². The molecule has 0 aromatic heterocycles. The highest BCUT2D eigenvalue weighted by atomic mass is 16.5. The number of ketones is 1. The van der Waals surface area contributed by atoms with Gasteiger partial charge >= 0.3 is 0 Å². The van der Waals surface area contributed by atoms with Crippen molar-refractivity contribution < 1.29 is 14.3 Å². The Hall–Kier alpha value is -0.940. The summed E-state index contributed by atoms with van der Waals surface area (Å²) < 4.78 is 5.19. The van der Waals surface area contributed by atoms with Gasteiger partial charge in [-0.05, 0) is 12.8 Å². The maximum atomic E-state index is 11.5. The third kappa shape index (κ3) is 3.26. The fraction of sp³-hybridized carbons (Fsp3) is 0.833. The summed E-state index contributed by atoms with van der Waals surface area (Å²) >= 11 is 0. The van der Waals surface area contributed by atoms with E-state index in [1.807, 2.05) is 0 Å². The smallest absolute Gasteiger partial charge is 0.243 e. The Morgan fingerprint density at radius 1 is 1.35 bits per heavy atom. The molecule has 2 aliphatic rings. The van der Waals surface area contributed by atoms with Crippen molar-refractivity contribution in [1.82, 2.24) is 4.90 Å². The van der Waals surface area contributed by atoms with Crippen LogP contribution in [0.25, 0.3) is 0 Å². The topological polar surface area (TPSA) is 72.6 Å². The molecule has 2 unspecified atom stereocenters. The molecule has 0 aromatic rings. The summed E-state index contributed by atoms with van der Waals surface area (Å²) in [6, 6.07) is 0.791. The molecular weight excluding hydrogens is 220 g/mol. The van der Waals surface area contributed by atoms with E-state index < -0.39 is 5.91 Å². The molecule has 2 N–H and O–H groups in total. The normalized spacial score (nSPS) is 29.3. The number of fused-ring (bicyclic) bond motifs is 2. The van der Waals surface area contributed by atoms with Crippen molar-refractivity contribution in [2.75, 3.05) is 19.8 Å². The minimum Gasteiger partial charge on any atom is -0.370 e. The quantitative estimate of drug-likeness (QED) is 0.690. The van der Waals surface area contributed by atoms with Gasteiger partial charge in [0.15, 0.2) is 0 Å². The number of nitrogens with zero attached hydrogens (tertiary/aromatic N) is 1. The zero-order chi connectivity index (χ0) is 12.3. The number of primary amides is 1. The molecule has 2 fully saturated rings. The molecule has 5 nitrogen and oxygen atoms in total. The van der Waals surface area contributed by atoms with Crippen molar-refractivity contribution >= 4 is 11.7 Å². The highest BCUT2D eigenvalue weighted by Crippen LogP contribution is 2.31. The van der Waals surface area contributed by atoms with Gasteiger partial charge in [0, 0.05) is 31.5 Å². The van der Waals surface area contributed by atoms with E-state index in [0.717, 1.165) is 19.4 Å². The molecule has 0 aliphatic carbocycles. The lowest BCUT2D eigenvalue weighted by Gasteiger charge is -2.45. The van der Waals surface area contributed by atoms with Crippen LogP contribution in [0, 0.1) is 0 Å². The SMILES string of the molecule is NC(=O)COCCN1C2CCCC1CC(=O)C2. The van der Waals surface area contributed by atoms with Crippen molar-refractivity contribution in [1.29, 1.82) is 0 Å². The molecule has 0 spiro atoms. The highest BCUT2D eigenvalue weighted by molar-refractivity contribution is 5.80. The molecule has 2 bridgehead atoms. The standard InChI is InChI=1S/C12H20N2O3/c13-12(16)8-17-5-4-14-9-2-1-3-10(14)7-11(15)6-9/h9-10H,1-8H2,(H2,13,16). The number of carbonyl (C=O) groups excluding carboxylic acids is 2. The number of rotatable bonds is 5. The van der Waals surface area contributed by atoms with E-state index in [1.165, 1.54) is 6.42 Å². The van der Waals surface area contributed by atoms with Crippen molar-refractivity contribution in [3.8, 4) is 0 Å². The van der Waals surface area contributed by atoms with Gasteiger partial charge in [0.1, 0.15) is 12.4 Å². The van der Waals surface area contributed by atoms with Crippen LogP contribution < -0.4 is 5.73 Å². The minimum absolute atomic E-state index is 0.0118. The first kappa shape index (κ1) is 12.5. The molecule has 2 atom stereocenters. The predicted octanol–water partition coefficient (Wildman–Crippen LogP) is 0.0743. The van der Waals surface area contributed by atoms with Crippen LogP contribution in [0.1, 0.15) is 32.1 Å². The number of hydrogen-bond acceptors (Lipinski definition) is 4. The summed E-state index contributed by atoms with van der Waals surface area (Å²) in [5.41, 5.74) is 5.00. The van der Waals surface area contributed by atoms with Gasteiger partial charge in [0.25, 0.3) is 0 Å². The summed E-state index contributed by atoms with van der Waals surface area (Å²) in [6.07, 6.45) is 4.82. The van der Waals surface area contributed by atoms with Crippen LogP contribution >= 0.6 is 0 Å². The Bertz CT molecular complexity index is 290. The highest BCUT2D eigenvalue weighted by Gasteiger charge is 2.36. The van der Waals surface area contributed by atoms with Crippen LogP contribution in [-0.4, -0.2) is 48.4 Å². The molecule has 0 aromatic carbocycles. The second-order valence-electron chi connectivity index (χ2n) is 4.94. The summed E-state index contributed by atoms with van der Waals surface area (Å²) in [4.78, 5) is 24.4. The second-order valence-corrected chi connectivity index (χ2v) is 4.94. The lowest BCUT2D eigenvalue weighted by atomic mass is 9.84. The molecule has 2 heterocycles. The molecular formula is C12H20N2O3. The Balaban J connectivity index is 1.79. The third-order valence-electron chi connectivity index (χ3n) is 3.68. The largest absolute Gasteiger partial charge is 0.370 e. The number of hydrogen-bond donors (Lipinski definition) is 1.